The molecule has 1 aromatic heterocycles. The van der Waals surface area contributed by atoms with Crippen molar-refractivity contribution in [3.8, 4) is 11.1 Å². The number of nitrogens with two attached hydrogens (primary N) is 1. The van der Waals surface area contributed by atoms with Gasteiger partial charge >= 0.3 is 0 Å². The van der Waals surface area contributed by atoms with E-state index in [0.717, 1.165) is 22.0 Å². The second-order valence-electron chi connectivity index (χ2n) is 8.19. The molecule has 4 N–H and O–H groups in total. The number of hydrogen-bond donors (Lipinski definition) is 3. The van der Waals surface area contributed by atoms with E-state index in [0.29, 0.717) is 34.3 Å². The van der Waals surface area contributed by atoms with Crippen molar-refractivity contribution < 1.29 is 9.59 Å². The van der Waals surface area contributed by atoms with Crippen molar-refractivity contribution in [2.75, 3.05) is 16.4 Å². The van der Waals surface area contributed by atoms with Gasteiger partial charge in [-0.15, -0.1) is 0 Å². The molecule has 0 unspecified atom stereocenters. The maximum absolute atomic E-state index is 12.9. The fourth-order valence-electron chi connectivity index (χ4n) is 3.73. The number of aromatic nitrogens is 2. The molecule has 7 nitrogen and oxygen atoms in total. The van der Waals surface area contributed by atoms with E-state index in [-0.39, 0.29) is 17.8 Å². The number of nitrogens with one attached hydrogen (secondary N) is 2. The molecule has 1 aliphatic carbocycles. The topological polar surface area (TPSA) is 110 Å². The summed E-state index contributed by atoms with van der Waals surface area (Å²) in [6.07, 6.45) is 2.62. The molecular formula is C25H19Cl2N5O2. The zero-order valence-corrected chi connectivity index (χ0v) is 19.3. The van der Waals surface area contributed by atoms with Crippen LogP contribution in [-0.2, 0) is 9.59 Å². The Morgan fingerprint density at radius 3 is 2.29 bits per heavy atom. The highest BCUT2D eigenvalue weighted by atomic mass is 35.5. The van der Waals surface area contributed by atoms with Crippen molar-refractivity contribution in [1.82, 2.24) is 9.97 Å². The van der Waals surface area contributed by atoms with Gasteiger partial charge < -0.3 is 16.4 Å². The van der Waals surface area contributed by atoms with Crippen LogP contribution < -0.4 is 16.4 Å². The Morgan fingerprint density at radius 1 is 0.882 bits per heavy atom. The minimum absolute atomic E-state index is 0.221. The highest BCUT2D eigenvalue weighted by Crippen LogP contribution is 2.48. The number of anilines is 3. The minimum Gasteiger partial charge on any atom is -0.368 e. The van der Waals surface area contributed by atoms with Gasteiger partial charge in [-0.25, -0.2) is 9.97 Å². The molecule has 0 spiro atoms. The van der Waals surface area contributed by atoms with E-state index in [1.165, 1.54) is 6.07 Å². The van der Waals surface area contributed by atoms with Crippen LogP contribution in [0.15, 0.2) is 66.9 Å². The standard InChI is InChI=1S/C25H19Cl2N5O2/c26-17-5-8-20(19(27)12-17)31-23(34)25(9-10-25)22(33)30-18-6-3-14(4-7-18)15-1-2-16-13-29-24(28)32-21(16)11-15/h1-8,11-13H,9-10H2,(H,30,33)(H,31,34)(H2,28,29,32). The van der Waals surface area contributed by atoms with Crippen LogP contribution in [0.3, 0.4) is 0 Å². The molecule has 0 radical (unpaired) electrons. The van der Waals surface area contributed by atoms with Crippen LogP contribution in [0.2, 0.25) is 10.0 Å². The van der Waals surface area contributed by atoms with Crippen molar-refractivity contribution in [3.05, 3.63) is 76.9 Å². The van der Waals surface area contributed by atoms with E-state index in [2.05, 4.69) is 20.6 Å². The van der Waals surface area contributed by atoms with Gasteiger partial charge in [0.25, 0.3) is 0 Å². The van der Waals surface area contributed by atoms with Gasteiger partial charge in [0, 0.05) is 22.3 Å². The van der Waals surface area contributed by atoms with E-state index in [1.54, 1.807) is 30.5 Å². The van der Waals surface area contributed by atoms with Gasteiger partial charge in [-0.3, -0.25) is 9.59 Å². The highest BCUT2D eigenvalue weighted by molar-refractivity contribution is 6.37. The molecule has 1 heterocycles. The normalized spacial score (nSPS) is 13.9. The van der Waals surface area contributed by atoms with E-state index in [4.69, 9.17) is 28.9 Å². The lowest BCUT2D eigenvalue weighted by atomic mass is 10.0. The van der Waals surface area contributed by atoms with Crippen LogP contribution in [0.4, 0.5) is 17.3 Å². The average Bonchev–Trinajstić information content (AvgIpc) is 3.63. The lowest BCUT2D eigenvalue weighted by Crippen LogP contribution is -2.35. The van der Waals surface area contributed by atoms with Crippen LogP contribution >= 0.6 is 23.2 Å². The second kappa shape index (κ2) is 8.59. The average molecular weight is 492 g/mol. The smallest absolute Gasteiger partial charge is 0.240 e. The van der Waals surface area contributed by atoms with Crippen LogP contribution in [-0.4, -0.2) is 21.8 Å². The van der Waals surface area contributed by atoms with Crippen LogP contribution in [0.25, 0.3) is 22.0 Å². The van der Waals surface area contributed by atoms with E-state index >= 15 is 0 Å². The Hall–Kier alpha value is -3.68. The largest absolute Gasteiger partial charge is 0.368 e. The summed E-state index contributed by atoms with van der Waals surface area (Å²) in [5.74, 6) is -0.511. The molecule has 2 amide bonds. The Bertz CT molecular complexity index is 1440. The number of rotatable bonds is 5. The molecule has 34 heavy (non-hydrogen) atoms. The third kappa shape index (κ3) is 4.27. The van der Waals surface area contributed by atoms with Gasteiger partial charge in [0.1, 0.15) is 5.41 Å². The molecule has 1 aliphatic rings. The second-order valence-corrected chi connectivity index (χ2v) is 9.04. The molecule has 0 aliphatic heterocycles. The number of hydrogen-bond acceptors (Lipinski definition) is 5. The molecular weight excluding hydrogens is 473 g/mol. The molecule has 0 atom stereocenters. The summed E-state index contributed by atoms with van der Waals surface area (Å²) >= 11 is 12.1. The molecule has 1 saturated carbocycles. The third-order valence-corrected chi connectivity index (χ3v) is 6.42. The predicted molar refractivity (Wildman–Crippen MR) is 135 cm³/mol. The summed E-state index contributed by atoms with van der Waals surface area (Å²) in [4.78, 5) is 34.1. The summed E-state index contributed by atoms with van der Waals surface area (Å²) in [6.45, 7) is 0. The Kier molecular flexibility index (Phi) is 5.59. The van der Waals surface area contributed by atoms with Crippen molar-refractivity contribution in [1.29, 1.82) is 0 Å². The lowest BCUT2D eigenvalue weighted by Gasteiger charge is -2.16. The number of benzene rings is 3. The number of halogens is 2. The number of carbonyl (C=O) groups is 2. The van der Waals surface area contributed by atoms with Gasteiger partial charge in [0.2, 0.25) is 17.8 Å². The van der Waals surface area contributed by atoms with Gasteiger partial charge in [0.15, 0.2) is 0 Å². The summed E-state index contributed by atoms with van der Waals surface area (Å²) in [7, 11) is 0. The third-order valence-electron chi connectivity index (χ3n) is 5.88. The zero-order valence-electron chi connectivity index (χ0n) is 17.8. The first-order valence-electron chi connectivity index (χ1n) is 10.5. The fourth-order valence-corrected chi connectivity index (χ4v) is 4.18. The molecule has 3 aromatic carbocycles. The number of nitrogen functional groups attached to an aromatic ring is 1. The quantitative estimate of drug-likeness (QED) is 0.317. The molecule has 4 aromatic rings. The Labute approximate surface area is 205 Å². The first kappa shape index (κ1) is 22.1. The molecule has 5 rings (SSSR count). The maximum atomic E-state index is 12.9. The molecule has 0 bridgehead atoms. The van der Waals surface area contributed by atoms with Gasteiger partial charge in [-0.1, -0.05) is 47.5 Å². The van der Waals surface area contributed by atoms with Crippen LogP contribution in [0, 0.1) is 5.41 Å². The van der Waals surface area contributed by atoms with E-state index < -0.39 is 5.41 Å². The number of amides is 2. The minimum atomic E-state index is -1.11. The van der Waals surface area contributed by atoms with Crippen molar-refractivity contribution in [2.45, 2.75) is 12.8 Å². The number of carbonyl (C=O) groups excluding carboxylic acids is 2. The molecule has 170 valence electrons. The van der Waals surface area contributed by atoms with Crippen LogP contribution in [0.1, 0.15) is 12.8 Å². The Morgan fingerprint density at radius 2 is 1.59 bits per heavy atom. The van der Waals surface area contributed by atoms with Gasteiger partial charge in [0.05, 0.1) is 16.2 Å². The number of nitrogens with zero attached hydrogens (tertiary/aromatic N) is 2. The molecule has 1 fully saturated rings. The summed E-state index contributed by atoms with van der Waals surface area (Å²) in [6, 6.07) is 18.0. The van der Waals surface area contributed by atoms with E-state index in [1.807, 2.05) is 30.3 Å². The lowest BCUT2D eigenvalue weighted by molar-refractivity contribution is -0.131. The van der Waals surface area contributed by atoms with E-state index in [9.17, 15) is 9.59 Å². The van der Waals surface area contributed by atoms with Crippen molar-refractivity contribution in [3.63, 3.8) is 0 Å². The zero-order chi connectivity index (χ0) is 23.9. The summed E-state index contributed by atoms with van der Waals surface area (Å²) in [5.41, 5.74) is 8.27. The van der Waals surface area contributed by atoms with Gasteiger partial charge in [-0.05, 0) is 60.4 Å². The number of fused-ring (bicyclic) bond motifs is 1. The maximum Gasteiger partial charge on any atom is 0.240 e. The predicted octanol–water partition coefficient (Wildman–Crippen LogP) is 5.54. The van der Waals surface area contributed by atoms with Gasteiger partial charge in [-0.2, -0.15) is 0 Å². The molecule has 0 saturated heterocycles. The van der Waals surface area contributed by atoms with Crippen LogP contribution in [0.5, 0.6) is 0 Å². The SMILES string of the molecule is Nc1ncc2ccc(-c3ccc(NC(=O)C4(C(=O)Nc5ccc(Cl)cc5Cl)CC4)cc3)cc2n1. The molecule has 9 heteroatoms. The Balaban J connectivity index is 1.29. The van der Waals surface area contributed by atoms with Crippen molar-refractivity contribution in [2.24, 2.45) is 5.41 Å². The first-order chi connectivity index (χ1) is 16.3. The fraction of sp³-hybridized carbons (Fsp3) is 0.120. The first-order valence-corrected chi connectivity index (χ1v) is 11.3. The monoisotopic (exact) mass is 491 g/mol. The van der Waals surface area contributed by atoms with Crippen molar-refractivity contribution >= 4 is 63.2 Å². The summed E-state index contributed by atoms with van der Waals surface area (Å²) in [5, 5.41) is 7.28. The summed E-state index contributed by atoms with van der Waals surface area (Å²) < 4.78 is 0. The highest BCUT2D eigenvalue weighted by Gasteiger charge is 2.56.